The molecule has 0 bridgehead atoms. The number of hydrogen-bond donors (Lipinski definition) is 2. The molecule has 3 N–H and O–H groups in total. The molecule has 1 rings (SSSR count). The van der Waals surface area contributed by atoms with E-state index in [1.54, 1.807) is 25.1 Å². The Balaban J connectivity index is 3.01. The van der Waals surface area contributed by atoms with Crippen molar-refractivity contribution in [3.05, 3.63) is 33.3 Å². The minimum atomic E-state index is -0.671. The first-order chi connectivity index (χ1) is 6.00. The summed E-state index contributed by atoms with van der Waals surface area (Å²) in [6, 6.07) is 4.98. The van der Waals surface area contributed by atoms with Gasteiger partial charge in [0.25, 0.3) is 0 Å². The summed E-state index contributed by atoms with van der Waals surface area (Å²) >= 11 is 9.11. The van der Waals surface area contributed by atoms with Crippen LogP contribution < -0.4 is 5.73 Å². The number of aliphatic hydroxyl groups is 1. The van der Waals surface area contributed by atoms with Gasteiger partial charge in [0.1, 0.15) is 0 Å². The minimum absolute atomic E-state index is 0.301. The van der Waals surface area contributed by atoms with Crippen molar-refractivity contribution in [2.75, 3.05) is 0 Å². The highest BCUT2D eigenvalue weighted by atomic mass is 79.9. The monoisotopic (exact) mass is 263 g/mol. The molecule has 0 saturated heterocycles. The summed E-state index contributed by atoms with van der Waals surface area (Å²) in [6.07, 6.45) is -0.671. The fourth-order valence-electron chi connectivity index (χ4n) is 1.05. The SMILES string of the molecule is C[C@H](N)[C@H](O)c1cc(Cl)cc(Br)c1. The summed E-state index contributed by atoms with van der Waals surface area (Å²) in [4.78, 5) is 0. The van der Waals surface area contributed by atoms with E-state index in [0.29, 0.717) is 5.02 Å². The van der Waals surface area contributed by atoms with Crippen LogP contribution in [-0.2, 0) is 0 Å². The second-order valence-electron chi connectivity index (χ2n) is 3.01. The number of nitrogens with two attached hydrogens (primary N) is 1. The summed E-state index contributed by atoms with van der Waals surface area (Å²) in [7, 11) is 0. The predicted molar refractivity (Wildman–Crippen MR) is 57.8 cm³/mol. The minimum Gasteiger partial charge on any atom is -0.387 e. The first kappa shape index (κ1) is 11.0. The van der Waals surface area contributed by atoms with E-state index in [-0.39, 0.29) is 6.04 Å². The molecule has 0 spiro atoms. The van der Waals surface area contributed by atoms with Gasteiger partial charge in [0, 0.05) is 15.5 Å². The maximum Gasteiger partial charge on any atom is 0.0939 e. The molecular formula is C9H11BrClNO. The lowest BCUT2D eigenvalue weighted by Crippen LogP contribution is -2.24. The van der Waals surface area contributed by atoms with Crippen LogP contribution in [0.15, 0.2) is 22.7 Å². The summed E-state index contributed by atoms with van der Waals surface area (Å²) in [5, 5.41) is 10.2. The van der Waals surface area contributed by atoms with Crippen molar-refractivity contribution in [2.45, 2.75) is 19.1 Å². The van der Waals surface area contributed by atoms with Crippen LogP contribution in [0.2, 0.25) is 5.02 Å². The molecule has 0 fully saturated rings. The van der Waals surface area contributed by atoms with Crippen LogP contribution in [0.1, 0.15) is 18.6 Å². The second kappa shape index (κ2) is 4.42. The fraction of sp³-hybridized carbons (Fsp3) is 0.333. The highest BCUT2D eigenvalue weighted by molar-refractivity contribution is 9.10. The molecule has 72 valence electrons. The Bertz CT molecular complexity index is 283. The Morgan fingerprint density at radius 2 is 2.08 bits per heavy atom. The average Bonchev–Trinajstić information content (AvgIpc) is 2.01. The van der Waals surface area contributed by atoms with Crippen molar-refractivity contribution in [1.82, 2.24) is 0 Å². The molecule has 0 aliphatic heterocycles. The number of aliphatic hydroxyl groups excluding tert-OH is 1. The van der Waals surface area contributed by atoms with Crippen molar-refractivity contribution in [1.29, 1.82) is 0 Å². The molecule has 0 heterocycles. The lowest BCUT2D eigenvalue weighted by molar-refractivity contribution is 0.153. The molecule has 4 heteroatoms. The van der Waals surface area contributed by atoms with E-state index in [1.807, 2.05) is 0 Å². The van der Waals surface area contributed by atoms with Crippen molar-refractivity contribution in [3.8, 4) is 0 Å². The van der Waals surface area contributed by atoms with Crippen molar-refractivity contribution >= 4 is 27.5 Å². The molecule has 0 radical (unpaired) electrons. The first-order valence-corrected chi connectivity index (χ1v) is 5.07. The molecule has 0 aliphatic rings. The van der Waals surface area contributed by atoms with Gasteiger partial charge in [0.05, 0.1) is 6.10 Å². The van der Waals surface area contributed by atoms with Gasteiger partial charge in [-0.1, -0.05) is 27.5 Å². The predicted octanol–water partition coefficient (Wildman–Crippen LogP) is 2.48. The zero-order valence-corrected chi connectivity index (χ0v) is 9.51. The van der Waals surface area contributed by atoms with Crippen LogP contribution in [0.5, 0.6) is 0 Å². The van der Waals surface area contributed by atoms with Crippen LogP contribution in [0.3, 0.4) is 0 Å². The molecule has 1 aromatic rings. The van der Waals surface area contributed by atoms with Gasteiger partial charge in [-0.05, 0) is 30.7 Å². The molecule has 0 saturated carbocycles. The average molecular weight is 265 g/mol. The normalized spacial score (nSPS) is 15.5. The van der Waals surface area contributed by atoms with E-state index in [9.17, 15) is 5.11 Å². The maximum absolute atomic E-state index is 9.64. The van der Waals surface area contributed by atoms with Gasteiger partial charge >= 0.3 is 0 Å². The molecule has 0 unspecified atom stereocenters. The Morgan fingerprint density at radius 3 is 2.54 bits per heavy atom. The second-order valence-corrected chi connectivity index (χ2v) is 4.36. The van der Waals surface area contributed by atoms with E-state index >= 15 is 0 Å². The Kier molecular flexibility index (Phi) is 3.74. The molecule has 2 atom stereocenters. The maximum atomic E-state index is 9.64. The van der Waals surface area contributed by atoms with E-state index in [4.69, 9.17) is 17.3 Å². The number of halogens is 2. The summed E-state index contributed by atoms with van der Waals surface area (Å²) in [5.74, 6) is 0. The molecule has 0 aromatic heterocycles. The van der Waals surface area contributed by atoms with Gasteiger partial charge in [-0.15, -0.1) is 0 Å². The van der Waals surface area contributed by atoms with Gasteiger partial charge in [0.15, 0.2) is 0 Å². The van der Waals surface area contributed by atoms with Crippen molar-refractivity contribution in [3.63, 3.8) is 0 Å². The van der Waals surface area contributed by atoms with Gasteiger partial charge < -0.3 is 10.8 Å². The fourth-order valence-corrected chi connectivity index (χ4v) is 1.94. The third-order valence-electron chi connectivity index (χ3n) is 1.72. The Labute approximate surface area is 90.8 Å². The third-order valence-corrected chi connectivity index (χ3v) is 2.40. The topological polar surface area (TPSA) is 46.2 Å². The molecule has 0 aliphatic carbocycles. The van der Waals surface area contributed by atoms with E-state index < -0.39 is 6.10 Å². The molecular weight excluding hydrogens is 253 g/mol. The number of hydrogen-bond acceptors (Lipinski definition) is 2. The van der Waals surface area contributed by atoms with E-state index in [0.717, 1.165) is 10.0 Å². The summed E-state index contributed by atoms with van der Waals surface area (Å²) < 4.78 is 0.842. The third kappa shape index (κ3) is 2.95. The molecule has 1 aromatic carbocycles. The highest BCUT2D eigenvalue weighted by Gasteiger charge is 2.13. The molecule has 0 amide bonds. The van der Waals surface area contributed by atoms with Gasteiger partial charge in [-0.3, -0.25) is 0 Å². The van der Waals surface area contributed by atoms with Gasteiger partial charge in [0.2, 0.25) is 0 Å². The summed E-state index contributed by atoms with van der Waals surface area (Å²) in [5.41, 5.74) is 6.29. The summed E-state index contributed by atoms with van der Waals surface area (Å²) in [6.45, 7) is 1.75. The van der Waals surface area contributed by atoms with Crippen LogP contribution in [0.4, 0.5) is 0 Å². The van der Waals surface area contributed by atoms with Crippen LogP contribution in [0.25, 0.3) is 0 Å². The Hall–Kier alpha value is -0.0900. The van der Waals surface area contributed by atoms with E-state index in [2.05, 4.69) is 15.9 Å². The lowest BCUT2D eigenvalue weighted by atomic mass is 10.0. The standard InChI is InChI=1S/C9H11BrClNO/c1-5(12)9(13)6-2-7(10)4-8(11)3-6/h2-5,9,13H,12H2,1H3/t5-,9-/m0/s1. The highest BCUT2D eigenvalue weighted by Crippen LogP contribution is 2.24. The van der Waals surface area contributed by atoms with Crippen LogP contribution in [0, 0.1) is 0 Å². The van der Waals surface area contributed by atoms with E-state index in [1.165, 1.54) is 0 Å². The van der Waals surface area contributed by atoms with Gasteiger partial charge in [-0.25, -0.2) is 0 Å². The van der Waals surface area contributed by atoms with Crippen molar-refractivity contribution < 1.29 is 5.11 Å². The van der Waals surface area contributed by atoms with Crippen LogP contribution in [-0.4, -0.2) is 11.1 Å². The number of benzene rings is 1. The first-order valence-electron chi connectivity index (χ1n) is 3.90. The zero-order valence-electron chi connectivity index (χ0n) is 7.17. The smallest absolute Gasteiger partial charge is 0.0939 e. The lowest BCUT2D eigenvalue weighted by Gasteiger charge is -2.15. The Morgan fingerprint density at radius 1 is 1.46 bits per heavy atom. The van der Waals surface area contributed by atoms with Crippen LogP contribution >= 0.6 is 27.5 Å². The van der Waals surface area contributed by atoms with Crippen molar-refractivity contribution in [2.24, 2.45) is 5.73 Å². The quantitative estimate of drug-likeness (QED) is 0.862. The zero-order chi connectivity index (χ0) is 10.0. The number of rotatable bonds is 2. The molecule has 13 heavy (non-hydrogen) atoms. The largest absolute Gasteiger partial charge is 0.387 e. The van der Waals surface area contributed by atoms with Gasteiger partial charge in [-0.2, -0.15) is 0 Å². The molecule has 2 nitrogen and oxygen atoms in total.